The lowest BCUT2D eigenvalue weighted by atomic mass is 9.78. The Morgan fingerprint density at radius 2 is 1.51 bits per heavy atom. The largest absolute Gasteiger partial charge is 0.388 e. The number of nitrogens with zero attached hydrogens (tertiary/aromatic N) is 1. The Labute approximate surface area is 203 Å². The Hall–Kier alpha value is -3.83. The van der Waals surface area contributed by atoms with Gasteiger partial charge in [0.2, 0.25) is 5.91 Å². The normalized spacial score (nSPS) is 18.3. The highest BCUT2D eigenvalue weighted by Crippen LogP contribution is 2.46. The van der Waals surface area contributed by atoms with Crippen LogP contribution in [0.2, 0.25) is 0 Å². The summed E-state index contributed by atoms with van der Waals surface area (Å²) >= 11 is 0. The van der Waals surface area contributed by atoms with E-state index in [4.69, 9.17) is 0 Å². The zero-order valence-electron chi connectivity index (χ0n) is 18.9. The van der Waals surface area contributed by atoms with E-state index in [9.17, 15) is 18.7 Å². The van der Waals surface area contributed by atoms with Crippen LogP contribution in [0.25, 0.3) is 11.1 Å². The predicted octanol–water partition coefficient (Wildman–Crippen LogP) is 6.65. The van der Waals surface area contributed by atoms with Crippen LogP contribution in [0.5, 0.6) is 0 Å². The Kier molecular flexibility index (Phi) is 6.43. The summed E-state index contributed by atoms with van der Waals surface area (Å²) in [4.78, 5) is 14.9. The van der Waals surface area contributed by atoms with E-state index in [-0.39, 0.29) is 29.5 Å². The highest BCUT2D eigenvalue weighted by molar-refractivity contribution is 6.03. The molecule has 0 spiro atoms. The van der Waals surface area contributed by atoms with Crippen LogP contribution in [-0.4, -0.2) is 11.0 Å². The van der Waals surface area contributed by atoms with Gasteiger partial charge in [-0.1, -0.05) is 54.6 Å². The molecule has 1 N–H and O–H groups in total. The molecule has 175 valence electrons. The van der Waals surface area contributed by atoms with Crippen molar-refractivity contribution in [2.24, 2.45) is 5.92 Å². The summed E-state index contributed by atoms with van der Waals surface area (Å²) in [5.41, 5.74) is 4.33. The van der Waals surface area contributed by atoms with Gasteiger partial charge in [0.15, 0.2) is 0 Å². The van der Waals surface area contributed by atoms with E-state index in [1.165, 1.54) is 24.3 Å². The van der Waals surface area contributed by atoms with Crippen molar-refractivity contribution in [2.45, 2.75) is 25.0 Å². The number of β-lactam (4-membered cyclic amide) rings is 1. The number of halogens is 2. The predicted molar refractivity (Wildman–Crippen MR) is 131 cm³/mol. The number of hydrogen-bond donors (Lipinski definition) is 1. The summed E-state index contributed by atoms with van der Waals surface area (Å²) in [7, 11) is 0. The third kappa shape index (κ3) is 4.73. The average Bonchev–Trinajstić information content (AvgIpc) is 2.89. The van der Waals surface area contributed by atoms with Crippen LogP contribution in [0.4, 0.5) is 14.5 Å². The fraction of sp³-hybridized carbons (Fsp3) is 0.167. The molecule has 0 saturated carbocycles. The molecular formula is C30H24F2NO2. The number of amides is 1. The number of anilines is 1. The molecule has 0 unspecified atom stereocenters. The molecule has 1 aliphatic heterocycles. The van der Waals surface area contributed by atoms with Crippen molar-refractivity contribution in [3.63, 3.8) is 0 Å². The van der Waals surface area contributed by atoms with E-state index in [1.54, 1.807) is 29.2 Å². The molecule has 3 atom stereocenters. The number of hydrogen-bond acceptors (Lipinski definition) is 2. The minimum absolute atomic E-state index is 0.0605. The molecule has 1 fully saturated rings. The second-order valence-corrected chi connectivity index (χ2v) is 8.79. The van der Waals surface area contributed by atoms with Gasteiger partial charge < -0.3 is 10.0 Å². The number of carbonyl (C=O) groups excluding carboxylic acids is 1. The SMILES string of the molecule is O=C1[C@H](CC[C@H](O)c2ccc(F)cc2)[C@@H](c2ccc(-c3c[c]ccc3)cc2)N1c1ccc(F)cc1. The van der Waals surface area contributed by atoms with E-state index >= 15 is 0 Å². The van der Waals surface area contributed by atoms with Gasteiger partial charge >= 0.3 is 0 Å². The molecule has 5 heteroatoms. The van der Waals surface area contributed by atoms with E-state index in [0.717, 1.165) is 16.7 Å². The van der Waals surface area contributed by atoms with Crippen molar-refractivity contribution in [1.82, 2.24) is 0 Å². The van der Waals surface area contributed by atoms with E-state index in [1.807, 2.05) is 48.5 Å². The standard InChI is InChI=1S/C30H24F2NO2/c31-24-12-10-22(11-13-24)28(34)19-18-27-29(33(30(27)35)26-16-14-25(32)15-17-26)23-8-6-21(7-9-23)20-4-2-1-3-5-20/h1-2,4-17,27-29,34H,18-19H2/t27-,28+,29-/m1/s1. The lowest BCUT2D eigenvalue weighted by molar-refractivity contribution is -0.131. The molecule has 1 heterocycles. The molecular weight excluding hydrogens is 444 g/mol. The molecule has 4 aromatic carbocycles. The Bertz CT molecular complexity index is 1290. The Morgan fingerprint density at radius 1 is 0.857 bits per heavy atom. The van der Waals surface area contributed by atoms with Gasteiger partial charge in [0.05, 0.1) is 18.1 Å². The van der Waals surface area contributed by atoms with Crippen molar-refractivity contribution in [1.29, 1.82) is 0 Å². The number of aliphatic hydroxyl groups excluding tert-OH is 1. The third-order valence-electron chi connectivity index (χ3n) is 6.62. The van der Waals surface area contributed by atoms with Gasteiger partial charge in [-0.25, -0.2) is 8.78 Å². The quantitative estimate of drug-likeness (QED) is 0.309. The van der Waals surface area contributed by atoms with Crippen LogP contribution in [0.15, 0.2) is 97.1 Å². The summed E-state index contributed by atoms with van der Waals surface area (Å²) in [6.07, 6.45) is 0.0451. The smallest absolute Gasteiger partial charge is 0.233 e. The van der Waals surface area contributed by atoms with Crippen LogP contribution >= 0.6 is 0 Å². The highest BCUT2D eigenvalue weighted by Gasteiger charge is 2.48. The van der Waals surface area contributed by atoms with Crippen molar-refractivity contribution >= 4 is 11.6 Å². The van der Waals surface area contributed by atoms with Gasteiger partial charge in [-0.3, -0.25) is 4.79 Å². The number of benzene rings is 4. The average molecular weight is 469 g/mol. The van der Waals surface area contributed by atoms with Crippen LogP contribution in [0.1, 0.15) is 36.1 Å². The van der Waals surface area contributed by atoms with E-state index in [0.29, 0.717) is 24.1 Å². The minimum atomic E-state index is -0.791. The molecule has 0 bridgehead atoms. The summed E-state index contributed by atoms with van der Waals surface area (Å²) in [5.74, 6) is -1.11. The molecule has 1 amide bonds. The molecule has 5 rings (SSSR count). The monoisotopic (exact) mass is 468 g/mol. The van der Waals surface area contributed by atoms with Gasteiger partial charge in [0, 0.05) is 5.69 Å². The summed E-state index contributed by atoms with van der Waals surface area (Å²) in [6, 6.07) is 30.3. The topological polar surface area (TPSA) is 40.5 Å². The maximum atomic E-state index is 13.5. The van der Waals surface area contributed by atoms with Crippen LogP contribution < -0.4 is 4.90 Å². The number of rotatable bonds is 7. The lowest BCUT2D eigenvalue weighted by Gasteiger charge is -2.48. The first-order chi connectivity index (χ1) is 17.0. The summed E-state index contributed by atoms with van der Waals surface area (Å²) in [5, 5.41) is 10.6. The van der Waals surface area contributed by atoms with Crippen LogP contribution in [-0.2, 0) is 4.79 Å². The first-order valence-corrected chi connectivity index (χ1v) is 11.6. The number of aliphatic hydroxyl groups is 1. The van der Waals surface area contributed by atoms with Crippen molar-refractivity contribution in [3.8, 4) is 11.1 Å². The van der Waals surface area contributed by atoms with Crippen molar-refractivity contribution in [2.75, 3.05) is 4.90 Å². The molecule has 0 aromatic heterocycles. The van der Waals surface area contributed by atoms with Gasteiger partial charge in [-0.2, -0.15) is 0 Å². The minimum Gasteiger partial charge on any atom is -0.388 e. The second-order valence-electron chi connectivity index (χ2n) is 8.79. The Balaban J connectivity index is 1.39. The maximum Gasteiger partial charge on any atom is 0.233 e. The molecule has 1 saturated heterocycles. The molecule has 1 aliphatic rings. The number of carbonyl (C=O) groups is 1. The van der Waals surface area contributed by atoms with Crippen LogP contribution in [0, 0.1) is 23.6 Å². The third-order valence-corrected chi connectivity index (χ3v) is 6.62. The lowest BCUT2D eigenvalue weighted by Crippen LogP contribution is -2.55. The zero-order chi connectivity index (χ0) is 24.4. The molecule has 1 radical (unpaired) electrons. The van der Waals surface area contributed by atoms with E-state index < -0.39 is 6.10 Å². The zero-order valence-corrected chi connectivity index (χ0v) is 18.9. The highest BCUT2D eigenvalue weighted by atomic mass is 19.1. The fourth-order valence-electron chi connectivity index (χ4n) is 4.74. The first-order valence-electron chi connectivity index (χ1n) is 11.6. The Morgan fingerprint density at radius 3 is 2.14 bits per heavy atom. The van der Waals surface area contributed by atoms with Gasteiger partial charge in [0.1, 0.15) is 11.6 Å². The van der Waals surface area contributed by atoms with E-state index in [2.05, 4.69) is 6.07 Å². The molecule has 3 nitrogen and oxygen atoms in total. The first kappa shape index (κ1) is 22.9. The van der Waals surface area contributed by atoms with Crippen molar-refractivity contribution in [3.05, 3.63) is 126 Å². The molecule has 0 aliphatic carbocycles. The second kappa shape index (κ2) is 9.80. The summed E-state index contributed by atoms with van der Waals surface area (Å²) < 4.78 is 26.7. The fourth-order valence-corrected chi connectivity index (χ4v) is 4.74. The van der Waals surface area contributed by atoms with Gasteiger partial charge in [0.25, 0.3) is 0 Å². The molecule has 35 heavy (non-hydrogen) atoms. The maximum absolute atomic E-state index is 13.5. The molecule has 4 aromatic rings. The summed E-state index contributed by atoms with van der Waals surface area (Å²) in [6.45, 7) is 0. The van der Waals surface area contributed by atoms with Crippen molar-refractivity contribution < 1.29 is 18.7 Å². The van der Waals surface area contributed by atoms with Gasteiger partial charge in [-0.05, 0) is 83.6 Å². The van der Waals surface area contributed by atoms with Gasteiger partial charge in [-0.15, -0.1) is 0 Å². The van der Waals surface area contributed by atoms with Crippen LogP contribution in [0.3, 0.4) is 0 Å².